The molecule has 0 heterocycles. The van der Waals surface area contributed by atoms with E-state index in [1.54, 1.807) is 6.92 Å². The van der Waals surface area contributed by atoms with Crippen molar-refractivity contribution in [3.63, 3.8) is 0 Å². The largest absolute Gasteiger partial charge is 1.00 e. The third-order valence-electron chi connectivity index (χ3n) is 0.776. The predicted molar refractivity (Wildman–Crippen MR) is 29.8 cm³/mol. The predicted octanol–water partition coefficient (Wildman–Crippen LogP) is -2.40. The summed E-state index contributed by atoms with van der Waals surface area (Å²) in [6.07, 6.45) is 0.762. The first kappa shape index (κ1) is 12.8. The second kappa shape index (κ2) is 5.90. The van der Waals surface area contributed by atoms with Gasteiger partial charge in [0.15, 0.2) is 0 Å². The maximum Gasteiger partial charge on any atom is 1.00 e. The summed E-state index contributed by atoms with van der Waals surface area (Å²) in [6, 6.07) is 0. The molecule has 9 heavy (non-hydrogen) atoms. The van der Waals surface area contributed by atoms with Gasteiger partial charge in [-0.3, -0.25) is 0 Å². The third kappa shape index (κ3) is 7.04. The third-order valence-corrected chi connectivity index (χ3v) is 2.33. The van der Waals surface area contributed by atoms with E-state index in [0.717, 1.165) is 0 Å². The molecule has 0 saturated heterocycles. The fourth-order valence-corrected chi connectivity index (χ4v) is 1.10. The van der Waals surface area contributed by atoms with Crippen LogP contribution in [0.4, 0.5) is 0 Å². The molecular weight excluding hydrogens is 150 g/mol. The molecule has 0 amide bonds. The molecule has 0 N–H and O–H groups in total. The Labute approximate surface area is 77.6 Å². The van der Waals surface area contributed by atoms with Crippen LogP contribution in [0, 0.1) is 0 Å². The Kier molecular flexibility index (Phi) is 8.39. The second-order valence-corrected chi connectivity index (χ2v) is 3.55. The first-order valence-electron chi connectivity index (χ1n) is 2.48. The average Bonchev–Trinajstić information content (AvgIpc) is 1.67. The van der Waals surface area contributed by atoms with Crippen LogP contribution in [0.25, 0.3) is 0 Å². The van der Waals surface area contributed by atoms with Gasteiger partial charge in [0.25, 0.3) is 0 Å². The molecular formula is C4H10NaO3P. The normalized spacial score (nSPS) is 15.9. The van der Waals surface area contributed by atoms with Crippen LogP contribution in [0.3, 0.4) is 0 Å². The van der Waals surface area contributed by atoms with Gasteiger partial charge in [-0.15, -0.1) is 0 Å². The maximum atomic E-state index is 10.4. The van der Waals surface area contributed by atoms with Gasteiger partial charge in [0.05, 0.1) is 0 Å². The van der Waals surface area contributed by atoms with Crippen molar-refractivity contribution in [3.8, 4) is 0 Å². The first-order chi connectivity index (χ1) is 3.62. The van der Waals surface area contributed by atoms with Gasteiger partial charge in [-0.1, -0.05) is 6.92 Å². The van der Waals surface area contributed by atoms with E-state index in [-0.39, 0.29) is 35.7 Å². The van der Waals surface area contributed by atoms with Crippen molar-refractivity contribution < 1.29 is 43.5 Å². The molecule has 0 saturated carbocycles. The van der Waals surface area contributed by atoms with Crippen LogP contribution in [-0.2, 0) is 9.09 Å². The van der Waals surface area contributed by atoms with Crippen molar-refractivity contribution in [2.75, 3.05) is 13.3 Å². The van der Waals surface area contributed by atoms with Crippen LogP contribution in [0.2, 0.25) is 0 Å². The second-order valence-electron chi connectivity index (χ2n) is 1.52. The topological polar surface area (TPSA) is 49.4 Å². The van der Waals surface area contributed by atoms with Crippen LogP contribution in [0.15, 0.2) is 0 Å². The number of hydrogen-bond donors (Lipinski definition) is 0. The van der Waals surface area contributed by atoms with E-state index in [4.69, 9.17) is 0 Å². The molecule has 0 rings (SSSR count). The van der Waals surface area contributed by atoms with Crippen molar-refractivity contribution in [2.24, 2.45) is 0 Å². The van der Waals surface area contributed by atoms with Gasteiger partial charge in [-0.2, -0.15) is 0 Å². The maximum absolute atomic E-state index is 10.4. The molecule has 0 aliphatic rings. The number of rotatable bonds is 3. The van der Waals surface area contributed by atoms with E-state index in [1.807, 2.05) is 0 Å². The molecule has 0 aromatic heterocycles. The van der Waals surface area contributed by atoms with Crippen LogP contribution in [0.1, 0.15) is 13.3 Å². The van der Waals surface area contributed by atoms with Crippen LogP contribution >= 0.6 is 7.60 Å². The van der Waals surface area contributed by atoms with E-state index in [2.05, 4.69) is 4.52 Å². The van der Waals surface area contributed by atoms with Crippen molar-refractivity contribution in [1.82, 2.24) is 0 Å². The number of hydrogen-bond acceptors (Lipinski definition) is 3. The van der Waals surface area contributed by atoms with Crippen molar-refractivity contribution in [2.45, 2.75) is 13.3 Å². The molecule has 0 spiro atoms. The molecule has 0 aliphatic carbocycles. The van der Waals surface area contributed by atoms with Gasteiger partial charge in [-0.05, 0) is 6.42 Å². The van der Waals surface area contributed by atoms with Crippen LogP contribution in [0.5, 0.6) is 0 Å². The van der Waals surface area contributed by atoms with Crippen LogP contribution < -0.4 is 34.5 Å². The van der Waals surface area contributed by atoms with Gasteiger partial charge in [0.1, 0.15) is 7.60 Å². The summed E-state index contributed by atoms with van der Waals surface area (Å²) in [6.45, 7) is 1.80. The monoisotopic (exact) mass is 160 g/mol. The summed E-state index contributed by atoms with van der Waals surface area (Å²) in [4.78, 5) is 10.4. The Bertz CT molecular complexity index is 106. The molecule has 1 unspecified atom stereocenters. The van der Waals surface area contributed by atoms with E-state index < -0.39 is 7.60 Å². The summed E-state index contributed by atoms with van der Waals surface area (Å²) in [5.74, 6) is 0. The fraction of sp³-hybridized carbons (Fsp3) is 1.00. The molecule has 50 valence electrons. The molecule has 5 heteroatoms. The standard InChI is InChI=1S/C4H11O3P.Na/c1-3-4-8(5,6)7-2;/h3-4H2,1-2H3,(H,5,6);/q;+1/p-1. The fourth-order valence-electron chi connectivity index (χ4n) is 0.365. The smallest absolute Gasteiger partial charge is 0.779 e. The average molecular weight is 160 g/mol. The molecule has 0 aromatic rings. The van der Waals surface area contributed by atoms with Gasteiger partial charge in [0, 0.05) is 13.3 Å². The summed E-state index contributed by atoms with van der Waals surface area (Å²) >= 11 is 0. The molecule has 0 fully saturated rings. The van der Waals surface area contributed by atoms with E-state index in [0.29, 0.717) is 6.42 Å². The van der Waals surface area contributed by atoms with Crippen LogP contribution in [-0.4, -0.2) is 13.3 Å². The van der Waals surface area contributed by atoms with Gasteiger partial charge >= 0.3 is 29.6 Å². The zero-order valence-corrected chi connectivity index (χ0v) is 8.98. The molecule has 0 radical (unpaired) electrons. The van der Waals surface area contributed by atoms with Crippen molar-refractivity contribution in [1.29, 1.82) is 0 Å². The summed E-state index contributed by atoms with van der Waals surface area (Å²) < 4.78 is 14.6. The van der Waals surface area contributed by atoms with Crippen molar-refractivity contribution >= 4 is 7.60 Å². The minimum Gasteiger partial charge on any atom is -0.779 e. The Morgan fingerprint density at radius 2 is 2.11 bits per heavy atom. The summed E-state index contributed by atoms with van der Waals surface area (Å²) in [7, 11) is -2.24. The summed E-state index contributed by atoms with van der Waals surface area (Å²) in [5.41, 5.74) is 0. The quantitative estimate of drug-likeness (QED) is 0.341. The van der Waals surface area contributed by atoms with Crippen molar-refractivity contribution in [3.05, 3.63) is 0 Å². The Morgan fingerprint density at radius 3 is 2.22 bits per heavy atom. The Hall–Kier alpha value is 1.15. The van der Waals surface area contributed by atoms with Gasteiger partial charge < -0.3 is 14.0 Å². The first-order valence-corrected chi connectivity index (χ1v) is 4.21. The molecule has 0 bridgehead atoms. The minimum atomic E-state index is -3.42. The van der Waals surface area contributed by atoms with E-state index >= 15 is 0 Å². The minimum absolute atomic E-state index is 0. The van der Waals surface area contributed by atoms with Gasteiger partial charge in [0.2, 0.25) is 0 Å². The van der Waals surface area contributed by atoms with E-state index in [9.17, 15) is 9.46 Å². The molecule has 1 atom stereocenters. The molecule has 0 aromatic carbocycles. The Morgan fingerprint density at radius 1 is 1.67 bits per heavy atom. The molecule has 0 aliphatic heterocycles. The van der Waals surface area contributed by atoms with E-state index in [1.165, 1.54) is 7.11 Å². The Balaban J connectivity index is 0. The zero-order valence-electron chi connectivity index (χ0n) is 6.09. The van der Waals surface area contributed by atoms with Gasteiger partial charge in [-0.25, -0.2) is 0 Å². The summed E-state index contributed by atoms with van der Waals surface area (Å²) in [5, 5.41) is 0. The SMILES string of the molecule is CCCP(=O)([O-])OC.[Na+]. The zero-order chi connectivity index (χ0) is 6.62. The molecule has 3 nitrogen and oxygen atoms in total.